The maximum Gasteiger partial charge on any atom is 0.222 e. The van der Waals surface area contributed by atoms with Gasteiger partial charge in [0.25, 0.3) is 0 Å². The van der Waals surface area contributed by atoms with Gasteiger partial charge >= 0.3 is 0 Å². The lowest BCUT2D eigenvalue weighted by Gasteiger charge is -2.29. The van der Waals surface area contributed by atoms with Gasteiger partial charge in [0.1, 0.15) is 0 Å². The number of fused-ring (bicyclic) bond motifs is 1. The van der Waals surface area contributed by atoms with Crippen LogP contribution >= 0.6 is 35.6 Å². The van der Waals surface area contributed by atoms with E-state index in [4.69, 9.17) is 28.9 Å². The Kier molecular flexibility index (Phi) is 8.55. The van der Waals surface area contributed by atoms with E-state index >= 15 is 0 Å². The van der Waals surface area contributed by atoms with Crippen LogP contribution in [-0.2, 0) is 17.8 Å². The first-order valence-electron chi connectivity index (χ1n) is 7.56. The average molecular weight is 366 g/mol. The molecule has 0 unspecified atom stereocenters. The second-order valence-corrected chi connectivity index (χ2v) is 6.39. The van der Waals surface area contributed by atoms with Gasteiger partial charge in [-0.05, 0) is 49.1 Å². The monoisotopic (exact) mass is 364 g/mol. The molecule has 3 nitrogen and oxygen atoms in total. The van der Waals surface area contributed by atoms with Crippen LogP contribution in [0.1, 0.15) is 43.2 Å². The molecule has 1 amide bonds. The molecule has 1 aliphatic heterocycles. The maximum atomic E-state index is 12.3. The minimum atomic E-state index is 0. The summed E-state index contributed by atoms with van der Waals surface area (Å²) in [7, 11) is 0. The van der Waals surface area contributed by atoms with Crippen LogP contribution in [0, 0.1) is 0 Å². The van der Waals surface area contributed by atoms with E-state index in [2.05, 4.69) is 0 Å². The molecule has 1 aromatic carbocycles. The van der Waals surface area contributed by atoms with Crippen molar-refractivity contribution < 1.29 is 4.79 Å². The van der Waals surface area contributed by atoms with E-state index in [9.17, 15) is 4.79 Å². The van der Waals surface area contributed by atoms with E-state index in [0.29, 0.717) is 23.0 Å². The van der Waals surface area contributed by atoms with Gasteiger partial charge in [0.2, 0.25) is 5.91 Å². The van der Waals surface area contributed by atoms with Gasteiger partial charge in [-0.3, -0.25) is 4.79 Å². The molecule has 0 atom stereocenters. The highest BCUT2D eigenvalue weighted by molar-refractivity contribution is 6.35. The molecule has 0 spiro atoms. The Hall–Kier alpha value is -0.480. The third kappa shape index (κ3) is 5.31. The highest BCUT2D eigenvalue weighted by Gasteiger charge is 2.22. The Balaban J connectivity index is 0.00000242. The molecule has 0 aliphatic carbocycles. The number of hydrogen-bond donors (Lipinski definition) is 1. The summed E-state index contributed by atoms with van der Waals surface area (Å²) < 4.78 is 0. The van der Waals surface area contributed by atoms with Crippen molar-refractivity contribution in [2.24, 2.45) is 5.73 Å². The Bertz CT molecular complexity index is 508. The van der Waals surface area contributed by atoms with Gasteiger partial charge in [0, 0.05) is 29.6 Å². The molecule has 0 fully saturated rings. The molecular weight excluding hydrogens is 343 g/mol. The number of carbonyl (C=O) groups excluding carboxylic acids is 1. The lowest BCUT2D eigenvalue weighted by molar-refractivity contribution is -0.132. The van der Waals surface area contributed by atoms with Crippen molar-refractivity contribution in [2.75, 3.05) is 13.1 Å². The first-order chi connectivity index (χ1) is 10.1. The van der Waals surface area contributed by atoms with Gasteiger partial charge in [-0.25, -0.2) is 0 Å². The fraction of sp³-hybridized carbons (Fsp3) is 0.562. The zero-order valence-electron chi connectivity index (χ0n) is 12.6. The van der Waals surface area contributed by atoms with Crippen LogP contribution in [0.3, 0.4) is 0 Å². The summed E-state index contributed by atoms with van der Waals surface area (Å²) in [6.07, 6.45) is 5.61. The van der Waals surface area contributed by atoms with Crippen molar-refractivity contribution in [1.29, 1.82) is 0 Å². The smallest absolute Gasteiger partial charge is 0.222 e. The Labute approximate surface area is 148 Å². The van der Waals surface area contributed by atoms with Crippen LogP contribution in [0.4, 0.5) is 0 Å². The molecule has 0 saturated heterocycles. The Morgan fingerprint density at radius 3 is 2.64 bits per heavy atom. The summed E-state index contributed by atoms with van der Waals surface area (Å²) >= 11 is 12.3. The zero-order chi connectivity index (χ0) is 15.2. The molecule has 1 heterocycles. The van der Waals surface area contributed by atoms with E-state index in [-0.39, 0.29) is 18.3 Å². The second-order valence-electron chi connectivity index (χ2n) is 5.54. The number of rotatable bonds is 6. The number of nitrogens with zero attached hydrogens (tertiary/aromatic N) is 1. The Morgan fingerprint density at radius 1 is 1.18 bits per heavy atom. The highest BCUT2D eigenvalue weighted by atomic mass is 35.5. The number of halogens is 3. The molecule has 22 heavy (non-hydrogen) atoms. The molecular formula is C16H23Cl3N2O. The number of benzene rings is 1. The molecule has 124 valence electrons. The fourth-order valence-electron chi connectivity index (χ4n) is 2.73. The van der Waals surface area contributed by atoms with Gasteiger partial charge in [-0.15, -0.1) is 12.4 Å². The minimum absolute atomic E-state index is 0. The van der Waals surface area contributed by atoms with Gasteiger partial charge in [-0.1, -0.05) is 36.0 Å². The molecule has 6 heteroatoms. The first kappa shape index (κ1) is 19.6. The molecule has 0 radical (unpaired) electrons. The predicted octanol–water partition coefficient (Wildman–Crippen LogP) is 4.21. The molecule has 2 N–H and O–H groups in total. The molecule has 0 aromatic heterocycles. The second kappa shape index (κ2) is 9.61. The third-order valence-corrected chi connectivity index (χ3v) is 4.51. The molecule has 0 saturated carbocycles. The summed E-state index contributed by atoms with van der Waals surface area (Å²) in [5.41, 5.74) is 7.67. The number of carbonyl (C=O) groups is 1. The SMILES string of the molecule is Cl.NCCCCCCC(=O)N1CCc2cc(Cl)cc(Cl)c2C1. The highest BCUT2D eigenvalue weighted by Crippen LogP contribution is 2.30. The fourth-order valence-corrected chi connectivity index (χ4v) is 3.32. The number of nitrogens with two attached hydrogens (primary N) is 1. The Morgan fingerprint density at radius 2 is 1.91 bits per heavy atom. The van der Waals surface area contributed by atoms with Gasteiger partial charge < -0.3 is 10.6 Å². The minimum Gasteiger partial charge on any atom is -0.338 e. The van der Waals surface area contributed by atoms with Crippen molar-refractivity contribution >= 4 is 41.5 Å². The molecule has 2 rings (SSSR count). The normalized spacial score (nSPS) is 13.5. The van der Waals surface area contributed by atoms with E-state index in [1.54, 1.807) is 6.07 Å². The summed E-state index contributed by atoms with van der Waals surface area (Å²) in [4.78, 5) is 14.2. The number of unbranched alkanes of at least 4 members (excludes halogenated alkanes) is 3. The average Bonchev–Trinajstić information content (AvgIpc) is 2.46. The summed E-state index contributed by atoms with van der Waals surface area (Å²) in [5, 5.41) is 1.33. The van der Waals surface area contributed by atoms with Crippen molar-refractivity contribution in [3.8, 4) is 0 Å². The first-order valence-corrected chi connectivity index (χ1v) is 8.32. The molecule has 0 bridgehead atoms. The van der Waals surface area contributed by atoms with E-state index in [1.807, 2.05) is 11.0 Å². The lowest BCUT2D eigenvalue weighted by Crippen LogP contribution is -2.36. The maximum absolute atomic E-state index is 12.3. The van der Waals surface area contributed by atoms with E-state index in [1.165, 1.54) is 5.56 Å². The van der Waals surface area contributed by atoms with Crippen molar-refractivity contribution in [3.05, 3.63) is 33.3 Å². The predicted molar refractivity (Wildman–Crippen MR) is 95.0 cm³/mol. The van der Waals surface area contributed by atoms with Crippen LogP contribution in [-0.4, -0.2) is 23.9 Å². The molecule has 1 aliphatic rings. The number of hydrogen-bond acceptors (Lipinski definition) is 2. The van der Waals surface area contributed by atoms with Crippen LogP contribution in [0.2, 0.25) is 10.0 Å². The van der Waals surface area contributed by atoms with Crippen molar-refractivity contribution in [2.45, 2.75) is 45.1 Å². The topological polar surface area (TPSA) is 46.3 Å². The number of amides is 1. The van der Waals surface area contributed by atoms with E-state index < -0.39 is 0 Å². The largest absolute Gasteiger partial charge is 0.338 e. The van der Waals surface area contributed by atoms with Gasteiger partial charge in [0.15, 0.2) is 0 Å². The standard InChI is InChI=1S/C16H22Cl2N2O.ClH/c17-13-9-12-6-8-20(11-14(12)15(18)10-13)16(21)5-3-1-2-4-7-19;/h9-10H,1-8,11,19H2;1H. The van der Waals surface area contributed by atoms with E-state index in [0.717, 1.165) is 50.8 Å². The van der Waals surface area contributed by atoms with Crippen LogP contribution in [0.5, 0.6) is 0 Å². The molecule has 1 aromatic rings. The zero-order valence-corrected chi connectivity index (χ0v) is 14.9. The van der Waals surface area contributed by atoms with Gasteiger partial charge in [0.05, 0.1) is 0 Å². The van der Waals surface area contributed by atoms with Gasteiger partial charge in [-0.2, -0.15) is 0 Å². The van der Waals surface area contributed by atoms with Crippen LogP contribution in [0.15, 0.2) is 12.1 Å². The van der Waals surface area contributed by atoms with Crippen LogP contribution in [0.25, 0.3) is 0 Å². The quantitative estimate of drug-likeness (QED) is 0.768. The van der Waals surface area contributed by atoms with Crippen molar-refractivity contribution in [3.63, 3.8) is 0 Å². The van der Waals surface area contributed by atoms with Crippen molar-refractivity contribution in [1.82, 2.24) is 4.90 Å². The summed E-state index contributed by atoms with van der Waals surface area (Å²) in [6, 6.07) is 3.71. The third-order valence-electron chi connectivity index (χ3n) is 3.95. The summed E-state index contributed by atoms with van der Waals surface area (Å²) in [5.74, 6) is 0.222. The van der Waals surface area contributed by atoms with Crippen LogP contribution < -0.4 is 5.73 Å². The summed E-state index contributed by atoms with van der Waals surface area (Å²) in [6.45, 7) is 2.09. The lowest BCUT2D eigenvalue weighted by atomic mass is 9.99.